The molecule has 1 aliphatic heterocycles. The molecule has 1 aliphatic rings. The molecule has 0 atom stereocenters. The van der Waals surface area contributed by atoms with E-state index in [1.165, 1.54) is 18.2 Å². The van der Waals surface area contributed by atoms with Crippen LogP contribution in [0.1, 0.15) is 10.4 Å². The molecule has 136 valence electrons. The number of hydrogen-bond acceptors (Lipinski definition) is 5. The second-order valence-corrected chi connectivity index (χ2v) is 6.49. The van der Waals surface area contributed by atoms with Crippen LogP contribution in [0.3, 0.4) is 0 Å². The molecule has 0 spiro atoms. The highest BCUT2D eigenvalue weighted by Crippen LogP contribution is 2.37. The Morgan fingerprint density at radius 1 is 1.19 bits per heavy atom. The molecule has 0 aromatic heterocycles. The van der Waals surface area contributed by atoms with Gasteiger partial charge in [-0.2, -0.15) is 0 Å². The number of anilines is 2. The zero-order valence-electron chi connectivity index (χ0n) is 13.6. The van der Waals surface area contributed by atoms with E-state index in [0.717, 1.165) is 0 Å². The van der Waals surface area contributed by atoms with Gasteiger partial charge in [-0.1, -0.05) is 29.3 Å². The van der Waals surface area contributed by atoms with Gasteiger partial charge in [-0.15, -0.1) is 0 Å². The van der Waals surface area contributed by atoms with Gasteiger partial charge in [0.1, 0.15) is 5.69 Å². The first kappa shape index (κ1) is 18.4. The third-order valence-corrected chi connectivity index (χ3v) is 4.50. The molecule has 1 N–H and O–H groups in total. The van der Waals surface area contributed by atoms with Crippen LogP contribution in [-0.4, -0.2) is 37.1 Å². The molecule has 0 radical (unpaired) electrons. The lowest BCUT2D eigenvalue weighted by molar-refractivity contribution is -0.384. The third-order valence-electron chi connectivity index (χ3n) is 3.95. The maximum absolute atomic E-state index is 12.4. The Labute approximate surface area is 159 Å². The van der Waals surface area contributed by atoms with Crippen LogP contribution in [0.2, 0.25) is 10.0 Å². The molecule has 2 aromatic rings. The molecule has 1 heterocycles. The summed E-state index contributed by atoms with van der Waals surface area (Å²) in [6.07, 6.45) is 0. The molecule has 0 saturated carbocycles. The van der Waals surface area contributed by atoms with E-state index < -0.39 is 10.8 Å². The molecular weight excluding hydrogens is 381 g/mol. The monoisotopic (exact) mass is 395 g/mol. The van der Waals surface area contributed by atoms with Crippen molar-refractivity contribution < 1.29 is 14.5 Å². The fourth-order valence-corrected chi connectivity index (χ4v) is 3.07. The highest BCUT2D eigenvalue weighted by molar-refractivity contribution is 6.34. The van der Waals surface area contributed by atoms with E-state index in [-0.39, 0.29) is 10.7 Å². The fraction of sp³-hybridized carbons (Fsp3) is 0.235. The second-order valence-electron chi connectivity index (χ2n) is 5.64. The van der Waals surface area contributed by atoms with E-state index in [1.807, 2.05) is 4.90 Å². The molecule has 26 heavy (non-hydrogen) atoms. The summed E-state index contributed by atoms with van der Waals surface area (Å²) in [6, 6.07) is 9.23. The number of nitro benzene ring substituents is 1. The van der Waals surface area contributed by atoms with Crippen molar-refractivity contribution in [3.8, 4) is 0 Å². The number of carbonyl (C=O) groups excluding carboxylic acids is 1. The highest BCUT2D eigenvalue weighted by Gasteiger charge is 2.24. The van der Waals surface area contributed by atoms with Crippen LogP contribution in [-0.2, 0) is 4.74 Å². The van der Waals surface area contributed by atoms with Crippen molar-refractivity contribution in [2.75, 3.05) is 36.5 Å². The number of benzene rings is 2. The Kier molecular flexibility index (Phi) is 5.61. The Bertz CT molecular complexity index is 854. The average molecular weight is 396 g/mol. The summed E-state index contributed by atoms with van der Waals surface area (Å²) in [6.45, 7) is 1.99. The quantitative estimate of drug-likeness (QED) is 0.624. The zero-order chi connectivity index (χ0) is 18.7. The van der Waals surface area contributed by atoms with Crippen LogP contribution in [0, 0.1) is 10.1 Å². The Morgan fingerprint density at radius 2 is 1.92 bits per heavy atom. The molecule has 1 fully saturated rings. The van der Waals surface area contributed by atoms with Crippen molar-refractivity contribution in [3.05, 3.63) is 62.1 Å². The molecule has 3 rings (SSSR count). The predicted octanol–water partition coefficient (Wildman–Crippen LogP) is 3.99. The van der Waals surface area contributed by atoms with Crippen molar-refractivity contribution in [2.45, 2.75) is 0 Å². The minimum Gasteiger partial charge on any atom is -0.378 e. The van der Waals surface area contributed by atoms with E-state index in [0.29, 0.717) is 48.3 Å². The smallest absolute Gasteiger partial charge is 0.294 e. The lowest BCUT2D eigenvalue weighted by Crippen LogP contribution is -2.36. The topological polar surface area (TPSA) is 84.7 Å². The van der Waals surface area contributed by atoms with Gasteiger partial charge in [0.05, 0.1) is 28.8 Å². The van der Waals surface area contributed by atoms with Gasteiger partial charge in [0, 0.05) is 29.7 Å². The minimum atomic E-state index is -0.487. The van der Waals surface area contributed by atoms with Gasteiger partial charge in [0.25, 0.3) is 11.6 Å². The summed E-state index contributed by atoms with van der Waals surface area (Å²) in [4.78, 5) is 25.2. The van der Waals surface area contributed by atoms with Crippen LogP contribution in [0.4, 0.5) is 17.1 Å². The van der Waals surface area contributed by atoms with E-state index in [1.54, 1.807) is 18.2 Å². The molecule has 1 amide bonds. The third kappa shape index (κ3) is 4.07. The second kappa shape index (κ2) is 7.90. The average Bonchev–Trinajstić information content (AvgIpc) is 2.63. The molecular formula is C17H15Cl2N3O4. The van der Waals surface area contributed by atoms with Crippen molar-refractivity contribution in [3.63, 3.8) is 0 Å². The number of hydrogen-bond donors (Lipinski definition) is 1. The molecule has 7 nitrogen and oxygen atoms in total. The number of morpholine rings is 1. The number of carbonyl (C=O) groups is 1. The molecule has 0 aliphatic carbocycles. The first-order valence-corrected chi connectivity index (χ1v) is 8.59. The van der Waals surface area contributed by atoms with Gasteiger partial charge < -0.3 is 15.0 Å². The zero-order valence-corrected chi connectivity index (χ0v) is 15.1. The summed E-state index contributed by atoms with van der Waals surface area (Å²) in [5.74, 6) is -0.406. The van der Waals surface area contributed by atoms with E-state index >= 15 is 0 Å². The van der Waals surface area contributed by atoms with Gasteiger partial charge in [0.2, 0.25) is 0 Å². The summed E-state index contributed by atoms with van der Waals surface area (Å²) in [7, 11) is 0. The minimum absolute atomic E-state index is 0.0871. The van der Waals surface area contributed by atoms with Crippen LogP contribution >= 0.6 is 23.2 Å². The lowest BCUT2D eigenvalue weighted by atomic mass is 10.1. The normalized spacial score (nSPS) is 14.2. The van der Waals surface area contributed by atoms with E-state index in [9.17, 15) is 14.9 Å². The number of nitrogens with one attached hydrogen (secondary N) is 1. The van der Waals surface area contributed by atoms with E-state index in [4.69, 9.17) is 27.9 Å². The highest BCUT2D eigenvalue weighted by atomic mass is 35.5. The van der Waals surface area contributed by atoms with Gasteiger partial charge in [0.15, 0.2) is 0 Å². The van der Waals surface area contributed by atoms with Crippen LogP contribution in [0.25, 0.3) is 0 Å². The first-order valence-electron chi connectivity index (χ1n) is 7.83. The van der Waals surface area contributed by atoms with Crippen molar-refractivity contribution in [1.29, 1.82) is 0 Å². The Morgan fingerprint density at radius 3 is 2.58 bits per heavy atom. The number of amides is 1. The summed E-state index contributed by atoms with van der Waals surface area (Å²) in [5.41, 5.74) is 0.935. The predicted molar refractivity (Wildman–Crippen MR) is 101 cm³/mol. The summed E-state index contributed by atoms with van der Waals surface area (Å²) < 4.78 is 5.29. The van der Waals surface area contributed by atoms with Crippen LogP contribution < -0.4 is 10.2 Å². The number of rotatable bonds is 4. The molecule has 2 aromatic carbocycles. The molecule has 9 heteroatoms. The summed E-state index contributed by atoms with van der Waals surface area (Å²) >= 11 is 12.1. The number of nitrogens with zero attached hydrogens (tertiary/aromatic N) is 2. The number of ether oxygens (including phenoxy) is 1. The Balaban J connectivity index is 1.94. The SMILES string of the molecule is O=C(Nc1cc(N2CCOCC2)c([N+](=O)[O-])cc1Cl)c1cccc(Cl)c1. The maximum atomic E-state index is 12.4. The van der Waals surface area contributed by atoms with Crippen LogP contribution in [0.5, 0.6) is 0 Å². The van der Waals surface area contributed by atoms with Crippen molar-refractivity contribution >= 4 is 46.2 Å². The number of halogens is 2. The standard InChI is InChI=1S/C17H15Cl2N3O4/c18-12-3-1-2-11(8-12)17(23)20-14-10-15(21-4-6-26-7-5-21)16(22(24)25)9-13(14)19/h1-3,8-10H,4-7H2,(H,20,23). The van der Waals surface area contributed by atoms with Crippen LogP contribution in [0.15, 0.2) is 36.4 Å². The number of nitro groups is 1. The van der Waals surface area contributed by atoms with E-state index in [2.05, 4.69) is 5.32 Å². The first-order chi connectivity index (χ1) is 12.5. The van der Waals surface area contributed by atoms with Gasteiger partial charge in [-0.3, -0.25) is 14.9 Å². The molecule has 0 unspecified atom stereocenters. The largest absolute Gasteiger partial charge is 0.378 e. The van der Waals surface area contributed by atoms with Gasteiger partial charge >= 0.3 is 0 Å². The lowest BCUT2D eigenvalue weighted by Gasteiger charge is -2.29. The Hall–Kier alpha value is -2.35. The molecule has 0 bridgehead atoms. The van der Waals surface area contributed by atoms with Gasteiger partial charge in [-0.25, -0.2) is 0 Å². The van der Waals surface area contributed by atoms with Gasteiger partial charge in [-0.05, 0) is 24.3 Å². The van der Waals surface area contributed by atoms with Crippen molar-refractivity contribution in [2.24, 2.45) is 0 Å². The summed E-state index contributed by atoms with van der Waals surface area (Å²) in [5, 5.41) is 14.6. The maximum Gasteiger partial charge on any atom is 0.294 e. The fourth-order valence-electron chi connectivity index (χ4n) is 2.68. The van der Waals surface area contributed by atoms with Crippen molar-refractivity contribution in [1.82, 2.24) is 0 Å². The molecule has 1 saturated heterocycles.